The van der Waals surface area contributed by atoms with Crippen LogP contribution in [0.15, 0.2) is 46.2 Å². The van der Waals surface area contributed by atoms with Crippen molar-refractivity contribution in [2.24, 2.45) is 0 Å². The second-order valence-electron chi connectivity index (χ2n) is 12.3. The molecule has 2 amide bonds. The lowest BCUT2D eigenvalue weighted by atomic mass is 10.1. The van der Waals surface area contributed by atoms with E-state index in [1.54, 1.807) is 22.7 Å². The highest BCUT2D eigenvalue weighted by Gasteiger charge is 2.48. The van der Waals surface area contributed by atoms with Crippen molar-refractivity contribution < 1.29 is 29.4 Å². The molecule has 2 N–H and O–H groups in total. The van der Waals surface area contributed by atoms with Crippen LogP contribution in [-0.2, 0) is 19.2 Å². The molecule has 2 aromatic rings. The first-order chi connectivity index (χ1) is 22.4. The van der Waals surface area contributed by atoms with Crippen LogP contribution in [0.5, 0.6) is 0 Å². The molecule has 0 aliphatic carbocycles. The summed E-state index contributed by atoms with van der Waals surface area (Å²) in [5.74, 6) is -1.59. The van der Waals surface area contributed by atoms with Gasteiger partial charge in [0, 0.05) is 25.9 Å². The van der Waals surface area contributed by atoms with Gasteiger partial charge in [0.2, 0.25) is 0 Å². The number of carboxylic acids is 2. The molecule has 2 aliphatic heterocycles. The summed E-state index contributed by atoms with van der Waals surface area (Å²) in [6.45, 7) is 1.16. The fourth-order valence-electron chi connectivity index (χ4n) is 6.38. The van der Waals surface area contributed by atoms with Gasteiger partial charge < -0.3 is 20.0 Å². The second kappa shape index (κ2) is 18.8. The largest absolute Gasteiger partial charge is 0.481 e. The Balaban J connectivity index is 1.35. The van der Waals surface area contributed by atoms with E-state index in [0.29, 0.717) is 24.2 Å². The zero-order chi connectivity index (χ0) is 32.7. The Morgan fingerprint density at radius 1 is 0.522 bits per heavy atom. The molecule has 4 heterocycles. The molecule has 0 fully saturated rings. The normalized spacial score (nSPS) is 14.7. The second-order valence-corrected chi connectivity index (χ2v) is 14.2. The van der Waals surface area contributed by atoms with Crippen molar-refractivity contribution in [3.63, 3.8) is 0 Å². The summed E-state index contributed by atoms with van der Waals surface area (Å²) in [4.78, 5) is 55.2. The monoisotopic (exact) mass is 668 g/mol. The van der Waals surface area contributed by atoms with E-state index in [0.717, 1.165) is 124 Å². The molecule has 4 rings (SSSR count). The maximum Gasteiger partial charge on any atom is 0.303 e. The number of rotatable bonds is 24. The van der Waals surface area contributed by atoms with Gasteiger partial charge >= 0.3 is 11.9 Å². The summed E-state index contributed by atoms with van der Waals surface area (Å²) < 4.78 is 0. The summed E-state index contributed by atoms with van der Waals surface area (Å²) in [5, 5.41) is 21.5. The van der Waals surface area contributed by atoms with Crippen LogP contribution in [0.1, 0.15) is 125 Å². The quantitative estimate of drug-likeness (QED) is 0.108. The number of carbonyl (C=O) groups excluding carboxylic acids is 2. The number of fused-ring (bicyclic) bond motifs is 1. The zero-order valence-electron chi connectivity index (χ0n) is 26.8. The predicted molar refractivity (Wildman–Crippen MR) is 184 cm³/mol. The third-order valence-corrected chi connectivity index (χ3v) is 10.5. The molecule has 8 nitrogen and oxygen atoms in total. The molecular formula is C36H48N2O6S2. The number of aliphatic carboxylic acids is 2. The first kappa shape index (κ1) is 35.6. The highest BCUT2D eigenvalue weighted by Crippen LogP contribution is 2.48. The smallest absolute Gasteiger partial charge is 0.303 e. The van der Waals surface area contributed by atoms with Gasteiger partial charge in [0.15, 0.2) is 0 Å². The van der Waals surface area contributed by atoms with E-state index in [9.17, 15) is 19.2 Å². The summed E-state index contributed by atoms with van der Waals surface area (Å²) in [6.07, 6.45) is 16.3. The number of carbonyl (C=O) groups is 4. The van der Waals surface area contributed by atoms with Crippen molar-refractivity contribution in [2.75, 3.05) is 13.1 Å². The predicted octanol–water partition coefficient (Wildman–Crippen LogP) is 8.81. The lowest BCUT2D eigenvalue weighted by Crippen LogP contribution is -2.30. The van der Waals surface area contributed by atoms with Crippen LogP contribution in [0.3, 0.4) is 0 Å². The molecule has 0 unspecified atom stereocenters. The van der Waals surface area contributed by atoms with Crippen molar-refractivity contribution >= 4 is 57.8 Å². The molecule has 0 atom stereocenters. The summed E-state index contributed by atoms with van der Waals surface area (Å²) >= 11 is 3.12. The van der Waals surface area contributed by atoms with Gasteiger partial charge in [0.1, 0.15) is 0 Å². The highest BCUT2D eigenvalue weighted by atomic mass is 32.1. The van der Waals surface area contributed by atoms with E-state index < -0.39 is 11.9 Å². The van der Waals surface area contributed by atoms with Crippen LogP contribution >= 0.6 is 22.7 Å². The molecular weight excluding hydrogens is 621 g/mol. The lowest BCUT2D eigenvalue weighted by Gasteiger charge is -2.24. The topological polar surface area (TPSA) is 115 Å². The van der Waals surface area contributed by atoms with Crippen LogP contribution in [0.2, 0.25) is 0 Å². The van der Waals surface area contributed by atoms with E-state index in [4.69, 9.17) is 10.2 Å². The van der Waals surface area contributed by atoms with E-state index in [2.05, 4.69) is 0 Å². The van der Waals surface area contributed by atoms with Crippen LogP contribution in [0.25, 0.3) is 11.4 Å². The van der Waals surface area contributed by atoms with Crippen LogP contribution in [0, 0.1) is 0 Å². The Bertz CT molecular complexity index is 1260. The molecule has 0 aromatic carbocycles. The van der Waals surface area contributed by atoms with Crippen molar-refractivity contribution in [1.82, 2.24) is 9.80 Å². The minimum atomic E-state index is -0.726. The number of hydrogen-bond acceptors (Lipinski definition) is 6. The van der Waals surface area contributed by atoms with Gasteiger partial charge in [0.05, 0.1) is 32.3 Å². The van der Waals surface area contributed by atoms with Gasteiger partial charge in [-0.05, 0) is 48.6 Å². The van der Waals surface area contributed by atoms with E-state index in [1.807, 2.05) is 44.8 Å². The standard InChI is InChI=1S/C36H48N2O6S2/c39-29(40)21-13-9-5-1-3-7-11-15-23-37-33(27-19-17-25-45-27)31-32(35(37)43)34(28-20-18-26-46-28)38(36(31)44)24-16-12-8-4-2-6-10-14-22-30(41)42/h17-20,25-26H,1-16,21-24H2,(H,39,40)(H,41,42). The van der Waals surface area contributed by atoms with Gasteiger partial charge in [-0.25, -0.2) is 0 Å². The lowest BCUT2D eigenvalue weighted by molar-refractivity contribution is -0.138. The van der Waals surface area contributed by atoms with Crippen molar-refractivity contribution in [3.8, 4) is 0 Å². The number of carboxylic acid groups (broad SMARTS) is 2. The minimum Gasteiger partial charge on any atom is -0.481 e. The van der Waals surface area contributed by atoms with Gasteiger partial charge in [-0.3, -0.25) is 19.2 Å². The van der Waals surface area contributed by atoms with Crippen LogP contribution < -0.4 is 0 Å². The Morgan fingerprint density at radius 3 is 1.15 bits per heavy atom. The molecule has 46 heavy (non-hydrogen) atoms. The van der Waals surface area contributed by atoms with Gasteiger partial charge in [-0.2, -0.15) is 0 Å². The number of unbranched alkanes of at least 4 members (excludes halogenated alkanes) is 14. The van der Waals surface area contributed by atoms with E-state index >= 15 is 0 Å². The minimum absolute atomic E-state index is 0.0704. The molecule has 2 aromatic heterocycles. The van der Waals surface area contributed by atoms with Crippen molar-refractivity contribution in [1.29, 1.82) is 0 Å². The van der Waals surface area contributed by atoms with Gasteiger partial charge in [-0.1, -0.05) is 89.2 Å². The fourth-order valence-corrected chi connectivity index (χ4v) is 7.95. The zero-order valence-corrected chi connectivity index (χ0v) is 28.5. The maximum absolute atomic E-state index is 14.1. The Morgan fingerprint density at radius 2 is 0.848 bits per heavy atom. The summed E-state index contributed by atoms with van der Waals surface area (Å²) in [5.41, 5.74) is 2.63. The SMILES string of the molecule is O=C(O)CCCCCCCCCCN1C(=O)C2=C(c3cccs3)N(CCCCCCCCCCC(=O)O)C(=O)C2=C1c1cccs1. The fraction of sp³-hybridized carbons (Fsp3) is 0.556. The van der Waals surface area contributed by atoms with Gasteiger partial charge in [-0.15, -0.1) is 22.7 Å². The molecule has 2 aliphatic rings. The van der Waals surface area contributed by atoms with Crippen molar-refractivity contribution in [2.45, 2.75) is 116 Å². The maximum atomic E-state index is 14.1. The molecule has 0 radical (unpaired) electrons. The Labute approximate surface area is 280 Å². The molecule has 0 saturated heterocycles. The Kier molecular flexibility index (Phi) is 14.5. The van der Waals surface area contributed by atoms with Crippen LogP contribution in [-0.4, -0.2) is 56.9 Å². The number of amides is 2. The third-order valence-electron chi connectivity index (χ3n) is 8.74. The number of hydrogen-bond donors (Lipinski definition) is 2. The van der Waals surface area contributed by atoms with Crippen molar-refractivity contribution in [3.05, 3.63) is 55.9 Å². The number of nitrogens with zero attached hydrogens (tertiary/aromatic N) is 2. The molecule has 0 saturated carbocycles. The highest BCUT2D eigenvalue weighted by molar-refractivity contribution is 7.11. The molecule has 0 bridgehead atoms. The third kappa shape index (κ3) is 9.88. The summed E-state index contributed by atoms with van der Waals surface area (Å²) in [6, 6.07) is 7.95. The van der Waals surface area contributed by atoms with E-state index in [-0.39, 0.29) is 24.7 Å². The first-order valence-electron chi connectivity index (χ1n) is 17.0. The molecule has 10 heteroatoms. The first-order valence-corrected chi connectivity index (χ1v) is 18.8. The average Bonchev–Trinajstić information content (AvgIpc) is 3.83. The molecule has 250 valence electrons. The Hall–Kier alpha value is -3.24. The van der Waals surface area contributed by atoms with E-state index in [1.165, 1.54) is 0 Å². The molecule has 0 spiro atoms. The number of thiophene rings is 2. The summed E-state index contributed by atoms with van der Waals surface area (Å²) in [7, 11) is 0. The van der Waals surface area contributed by atoms with Crippen LogP contribution in [0.4, 0.5) is 0 Å². The average molecular weight is 669 g/mol. The van der Waals surface area contributed by atoms with Gasteiger partial charge in [0.25, 0.3) is 11.8 Å².